The average Bonchev–Trinajstić information content (AvgIpc) is 2.41. The Morgan fingerprint density at radius 2 is 1.89 bits per heavy atom. The summed E-state index contributed by atoms with van der Waals surface area (Å²) in [5.41, 5.74) is 8.67. The molecule has 2 aromatic rings. The van der Waals surface area contributed by atoms with Crippen LogP contribution in [0.2, 0.25) is 5.02 Å². The van der Waals surface area contributed by atoms with Gasteiger partial charge < -0.3 is 5.73 Å². The van der Waals surface area contributed by atoms with E-state index in [1.54, 1.807) is 18.0 Å². The van der Waals surface area contributed by atoms with Crippen molar-refractivity contribution >= 4 is 23.4 Å². The maximum absolute atomic E-state index is 6.29. The van der Waals surface area contributed by atoms with E-state index in [0.717, 1.165) is 10.6 Å². The van der Waals surface area contributed by atoms with Gasteiger partial charge in [0.15, 0.2) is 0 Å². The van der Waals surface area contributed by atoms with Crippen molar-refractivity contribution in [2.24, 2.45) is 5.73 Å². The first kappa shape index (κ1) is 14.4. The third-order valence-corrected chi connectivity index (χ3v) is 4.62. The molecule has 0 fully saturated rings. The zero-order chi connectivity index (χ0) is 13.8. The minimum atomic E-state index is -0.0383. The zero-order valence-electron chi connectivity index (χ0n) is 11.0. The van der Waals surface area contributed by atoms with Crippen LogP contribution in [0.3, 0.4) is 0 Å². The summed E-state index contributed by atoms with van der Waals surface area (Å²) < 4.78 is 0. The van der Waals surface area contributed by atoms with Crippen LogP contribution < -0.4 is 5.73 Å². The van der Waals surface area contributed by atoms with Crippen molar-refractivity contribution in [2.45, 2.75) is 30.2 Å². The molecule has 1 aromatic heterocycles. The first-order chi connectivity index (χ1) is 9.08. The molecule has 2 N–H and O–H groups in total. The molecule has 0 radical (unpaired) electrons. The summed E-state index contributed by atoms with van der Waals surface area (Å²) in [6.07, 6.45) is 1.75. The van der Waals surface area contributed by atoms with E-state index in [4.69, 9.17) is 17.3 Å². The van der Waals surface area contributed by atoms with Crippen molar-refractivity contribution < 1.29 is 0 Å². The molecule has 0 aliphatic heterocycles. The molecule has 1 heterocycles. The van der Waals surface area contributed by atoms with E-state index >= 15 is 0 Å². The van der Waals surface area contributed by atoms with Gasteiger partial charge in [-0.3, -0.25) is 0 Å². The fourth-order valence-electron chi connectivity index (χ4n) is 1.77. The second-order valence-electron chi connectivity index (χ2n) is 4.55. The Kier molecular flexibility index (Phi) is 4.86. The summed E-state index contributed by atoms with van der Waals surface area (Å²) in [5, 5.41) is 1.71. The molecule has 1 aromatic carbocycles. The van der Waals surface area contributed by atoms with Gasteiger partial charge in [-0.25, -0.2) is 4.98 Å². The van der Waals surface area contributed by atoms with Crippen LogP contribution >= 0.6 is 23.4 Å². The molecule has 0 aliphatic carbocycles. The Morgan fingerprint density at radius 3 is 2.53 bits per heavy atom. The van der Waals surface area contributed by atoms with Gasteiger partial charge in [0.1, 0.15) is 5.03 Å². The second kappa shape index (κ2) is 6.42. The lowest BCUT2D eigenvalue weighted by atomic mass is 10.0. The Balaban J connectivity index is 2.09. The van der Waals surface area contributed by atoms with Crippen LogP contribution in [0, 0.1) is 6.92 Å². The molecule has 0 amide bonds. The number of aromatic nitrogens is 1. The van der Waals surface area contributed by atoms with E-state index in [1.807, 2.05) is 12.1 Å². The van der Waals surface area contributed by atoms with E-state index in [2.05, 4.69) is 43.1 Å². The van der Waals surface area contributed by atoms with Gasteiger partial charge in [0, 0.05) is 17.5 Å². The first-order valence-corrected chi connectivity index (χ1v) is 7.43. The number of benzene rings is 1. The Bertz CT molecular complexity index is 542. The van der Waals surface area contributed by atoms with Gasteiger partial charge in [0.25, 0.3) is 0 Å². The number of aryl methyl sites for hydroxylation is 1. The number of hydrogen-bond acceptors (Lipinski definition) is 3. The summed E-state index contributed by atoms with van der Waals surface area (Å²) in [4.78, 5) is 4.28. The van der Waals surface area contributed by atoms with Crippen molar-refractivity contribution in [1.29, 1.82) is 0 Å². The van der Waals surface area contributed by atoms with Gasteiger partial charge >= 0.3 is 0 Å². The maximum atomic E-state index is 6.29. The molecule has 2 rings (SSSR count). The Morgan fingerprint density at radius 1 is 1.21 bits per heavy atom. The lowest BCUT2D eigenvalue weighted by Crippen LogP contribution is -2.21. The molecule has 2 atom stereocenters. The van der Waals surface area contributed by atoms with Crippen LogP contribution in [-0.4, -0.2) is 10.2 Å². The van der Waals surface area contributed by atoms with Crippen molar-refractivity contribution in [3.05, 3.63) is 58.7 Å². The molecule has 0 saturated heterocycles. The van der Waals surface area contributed by atoms with E-state index in [1.165, 1.54) is 5.56 Å². The summed E-state index contributed by atoms with van der Waals surface area (Å²) in [7, 11) is 0. The standard InChI is InChI=1S/C15H17ClN2S/c1-10-5-7-12(8-6-10)14(17)11(2)19-15-13(16)4-3-9-18-15/h3-9,11,14H,17H2,1-2H3. The van der Waals surface area contributed by atoms with Crippen LogP contribution in [0.25, 0.3) is 0 Å². The predicted molar refractivity (Wildman–Crippen MR) is 82.7 cm³/mol. The normalized spacial score (nSPS) is 14.1. The van der Waals surface area contributed by atoms with E-state index in [0.29, 0.717) is 5.02 Å². The highest BCUT2D eigenvalue weighted by atomic mass is 35.5. The summed E-state index contributed by atoms with van der Waals surface area (Å²) in [6, 6.07) is 12.0. The molecule has 0 spiro atoms. The fourth-order valence-corrected chi connectivity index (χ4v) is 2.98. The summed E-state index contributed by atoms with van der Waals surface area (Å²) >= 11 is 7.72. The van der Waals surface area contributed by atoms with Crippen LogP contribution in [0.1, 0.15) is 24.1 Å². The second-order valence-corrected chi connectivity index (χ2v) is 6.32. The largest absolute Gasteiger partial charge is 0.323 e. The summed E-state index contributed by atoms with van der Waals surface area (Å²) in [6.45, 7) is 4.17. The predicted octanol–water partition coefficient (Wildman–Crippen LogP) is 4.22. The molecule has 2 unspecified atom stereocenters. The van der Waals surface area contributed by atoms with Crippen LogP contribution in [-0.2, 0) is 0 Å². The van der Waals surface area contributed by atoms with Crippen molar-refractivity contribution in [3.63, 3.8) is 0 Å². The number of pyridine rings is 1. The van der Waals surface area contributed by atoms with E-state index in [-0.39, 0.29) is 11.3 Å². The SMILES string of the molecule is Cc1ccc(C(N)C(C)Sc2ncccc2Cl)cc1. The molecule has 19 heavy (non-hydrogen) atoms. The highest BCUT2D eigenvalue weighted by molar-refractivity contribution is 8.00. The smallest absolute Gasteiger partial charge is 0.115 e. The molecular formula is C15H17ClN2S. The number of nitrogens with zero attached hydrogens (tertiary/aromatic N) is 1. The quantitative estimate of drug-likeness (QED) is 0.857. The van der Waals surface area contributed by atoms with Crippen LogP contribution in [0.15, 0.2) is 47.6 Å². The van der Waals surface area contributed by atoms with E-state index in [9.17, 15) is 0 Å². The number of thioether (sulfide) groups is 1. The van der Waals surface area contributed by atoms with Gasteiger partial charge in [-0.1, -0.05) is 60.1 Å². The third kappa shape index (κ3) is 3.72. The Labute approximate surface area is 123 Å². The number of rotatable bonds is 4. The molecule has 0 aliphatic rings. The van der Waals surface area contributed by atoms with Crippen molar-refractivity contribution in [2.75, 3.05) is 0 Å². The van der Waals surface area contributed by atoms with Crippen molar-refractivity contribution in [3.8, 4) is 0 Å². The van der Waals surface area contributed by atoms with Crippen LogP contribution in [0.5, 0.6) is 0 Å². The average molecular weight is 293 g/mol. The van der Waals surface area contributed by atoms with Crippen molar-refractivity contribution in [1.82, 2.24) is 4.98 Å². The lowest BCUT2D eigenvalue weighted by Gasteiger charge is -2.20. The van der Waals surface area contributed by atoms with Gasteiger partial charge in [-0.2, -0.15) is 0 Å². The van der Waals surface area contributed by atoms with Gasteiger partial charge in [0.05, 0.1) is 5.02 Å². The monoisotopic (exact) mass is 292 g/mol. The first-order valence-electron chi connectivity index (χ1n) is 6.17. The number of halogens is 1. The molecule has 0 bridgehead atoms. The maximum Gasteiger partial charge on any atom is 0.115 e. The topological polar surface area (TPSA) is 38.9 Å². The van der Waals surface area contributed by atoms with Crippen LogP contribution in [0.4, 0.5) is 0 Å². The Hall–Kier alpha value is -1.03. The minimum Gasteiger partial charge on any atom is -0.323 e. The lowest BCUT2D eigenvalue weighted by molar-refractivity contribution is 0.714. The van der Waals surface area contributed by atoms with Gasteiger partial charge in [-0.05, 0) is 24.6 Å². The summed E-state index contributed by atoms with van der Waals surface area (Å²) in [5.74, 6) is 0. The highest BCUT2D eigenvalue weighted by Gasteiger charge is 2.17. The fraction of sp³-hybridized carbons (Fsp3) is 0.267. The molecule has 4 heteroatoms. The van der Waals surface area contributed by atoms with E-state index < -0.39 is 0 Å². The number of nitrogens with two attached hydrogens (primary N) is 1. The van der Waals surface area contributed by atoms with Gasteiger partial charge in [-0.15, -0.1) is 0 Å². The highest BCUT2D eigenvalue weighted by Crippen LogP contribution is 2.33. The zero-order valence-corrected chi connectivity index (χ0v) is 12.6. The molecule has 2 nitrogen and oxygen atoms in total. The molecular weight excluding hydrogens is 276 g/mol. The minimum absolute atomic E-state index is 0.0383. The number of hydrogen-bond donors (Lipinski definition) is 1. The third-order valence-electron chi connectivity index (χ3n) is 2.99. The molecule has 0 saturated carbocycles. The van der Waals surface area contributed by atoms with Gasteiger partial charge in [0.2, 0.25) is 0 Å². The molecule has 100 valence electrons.